The molecule has 0 atom stereocenters. The summed E-state index contributed by atoms with van der Waals surface area (Å²) in [6.45, 7) is 2.09. The predicted octanol–water partition coefficient (Wildman–Crippen LogP) is 2.62. The van der Waals surface area contributed by atoms with Crippen molar-refractivity contribution in [1.82, 2.24) is 29.6 Å². The molecule has 0 spiro atoms. The molecular formula is C12H10N6S2. The molecule has 20 heavy (non-hydrogen) atoms. The monoisotopic (exact) mass is 302 g/mol. The van der Waals surface area contributed by atoms with Gasteiger partial charge < -0.3 is 0 Å². The molecule has 0 unspecified atom stereocenters. The zero-order valence-corrected chi connectivity index (χ0v) is 12.4. The smallest absolute Gasteiger partial charge is 0.235 e. The van der Waals surface area contributed by atoms with Crippen LogP contribution in [0.2, 0.25) is 0 Å². The summed E-state index contributed by atoms with van der Waals surface area (Å²) >= 11 is 3.25. The van der Waals surface area contributed by atoms with Crippen LogP contribution in [0.5, 0.6) is 0 Å². The van der Waals surface area contributed by atoms with E-state index in [2.05, 4.69) is 38.8 Å². The predicted molar refractivity (Wildman–Crippen MR) is 78.9 cm³/mol. The average Bonchev–Trinajstić information content (AvgIpc) is 3.11. The third-order valence-corrected chi connectivity index (χ3v) is 5.08. The number of thiophene rings is 1. The highest BCUT2D eigenvalue weighted by atomic mass is 32.1. The van der Waals surface area contributed by atoms with Crippen molar-refractivity contribution in [1.29, 1.82) is 0 Å². The van der Waals surface area contributed by atoms with Gasteiger partial charge in [-0.15, -0.1) is 21.5 Å². The Morgan fingerprint density at radius 3 is 2.85 bits per heavy atom. The van der Waals surface area contributed by atoms with Crippen molar-refractivity contribution in [2.75, 3.05) is 0 Å². The van der Waals surface area contributed by atoms with Gasteiger partial charge in [0.05, 0.1) is 16.6 Å². The van der Waals surface area contributed by atoms with Crippen molar-refractivity contribution in [2.45, 2.75) is 6.92 Å². The van der Waals surface area contributed by atoms with Crippen LogP contribution in [0.4, 0.5) is 0 Å². The van der Waals surface area contributed by atoms with E-state index < -0.39 is 0 Å². The van der Waals surface area contributed by atoms with Crippen LogP contribution in [0.15, 0.2) is 23.8 Å². The van der Waals surface area contributed by atoms with E-state index in [4.69, 9.17) is 0 Å². The minimum atomic E-state index is 0.727. The van der Waals surface area contributed by atoms with Crippen LogP contribution in [0, 0.1) is 6.92 Å². The van der Waals surface area contributed by atoms with Gasteiger partial charge in [0.2, 0.25) is 4.96 Å². The fraction of sp³-hybridized carbons (Fsp3) is 0.167. The van der Waals surface area contributed by atoms with Crippen molar-refractivity contribution >= 4 is 27.6 Å². The highest BCUT2D eigenvalue weighted by Gasteiger charge is 2.16. The fourth-order valence-corrected chi connectivity index (χ4v) is 3.93. The van der Waals surface area contributed by atoms with Gasteiger partial charge in [0.1, 0.15) is 0 Å². The Kier molecular flexibility index (Phi) is 2.48. The minimum Gasteiger partial charge on any atom is -0.275 e. The summed E-state index contributed by atoms with van der Waals surface area (Å²) in [5, 5.41) is 20.3. The van der Waals surface area contributed by atoms with Gasteiger partial charge in [-0.3, -0.25) is 4.68 Å². The van der Waals surface area contributed by atoms with E-state index in [1.54, 1.807) is 38.1 Å². The first-order valence-corrected chi connectivity index (χ1v) is 7.68. The molecule has 100 valence electrons. The van der Waals surface area contributed by atoms with Gasteiger partial charge in [0.15, 0.2) is 10.8 Å². The lowest BCUT2D eigenvalue weighted by Gasteiger charge is -1.92. The van der Waals surface area contributed by atoms with Crippen molar-refractivity contribution in [3.05, 3.63) is 29.4 Å². The first-order valence-electron chi connectivity index (χ1n) is 5.98. The summed E-state index contributed by atoms with van der Waals surface area (Å²) in [4.78, 5) is 1.99. The molecule has 0 saturated carbocycles. The molecule has 0 aliphatic heterocycles. The van der Waals surface area contributed by atoms with Crippen LogP contribution in [-0.4, -0.2) is 29.6 Å². The minimum absolute atomic E-state index is 0.727. The number of fused-ring (bicyclic) bond motifs is 1. The van der Waals surface area contributed by atoms with Gasteiger partial charge in [-0.25, -0.2) is 0 Å². The number of aromatic nitrogens is 6. The molecule has 0 aliphatic carbocycles. The van der Waals surface area contributed by atoms with Crippen molar-refractivity contribution in [2.24, 2.45) is 7.05 Å². The van der Waals surface area contributed by atoms with Gasteiger partial charge >= 0.3 is 0 Å². The molecule has 0 radical (unpaired) electrons. The van der Waals surface area contributed by atoms with E-state index in [-0.39, 0.29) is 0 Å². The largest absolute Gasteiger partial charge is 0.275 e. The second-order valence-corrected chi connectivity index (χ2v) is 6.33. The first kappa shape index (κ1) is 11.7. The lowest BCUT2D eigenvalue weighted by Crippen LogP contribution is -1.90. The highest BCUT2D eigenvalue weighted by Crippen LogP contribution is 2.33. The normalized spacial score (nSPS) is 11.5. The maximum Gasteiger partial charge on any atom is 0.235 e. The summed E-state index contributed by atoms with van der Waals surface area (Å²) in [5.41, 5.74) is 2.16. The Morgan fingerprint density at radius 1 is 1.25 bits per heavy atom. The molecule has 0 aliphatic rings. The topological polar surface area (TPSA) is 60.9 Å². The molecule has 0 saturated heterocycles. The van der Waals surface area contributed by atoms with E-state index in [1.165, 1.54) is 10.4 Å². The Bertz CT molecular complexity index is 896. The molecule has 0 bridgehead atoms. The summed E-state index contributed by atoms with van der Waals surface area (Å²) in [6.07, 6.45) is 3.68. The molecule has 4 rings (SSSR count). The summed E-state index contributed by atoms with van der Waals surface area (Å²) in [6, 6.07) is 2.10. The molecule has 0 fully saturated rings. The number of rotatable bonds is 2. The molecule has 6 nitrogen and oxygen atoms in total. The zero-order valence-electron chi connectivity index (χ0n) is 10.8. The standard InChI is InChI=1S/C12H10N6S2/c1-7-3-4-19-9(7)11-16-18-10(14-15-12(18)20-11)8-5-13-17(2)6-8/h3-6H,1-2H3. The molecule has 4 aromatic heterocycles. The van der Waals surface area contributed by atoms with E-state index >= 15 is 0 Å². The van der Waals surface area contributed by atoms with E-state index in [0.29, 0.717) is 0 Å². The first-order chi connectivity index (χ1) is 9.72. The van der Waals surface area contributed by atoms with Crippen LogP contribution >= 0.6 is 22.7 Å². The second-order valence-electron chi connectivity index (χ2n) is 4.46. The zero-order chi connectivity index (χ0) is 13.7. The Hall–Kier alpha value is -2.06. The number of hydrogen-bond donors (Lipinski definition) is 0. The van der Waals surface area contributed by atoms with Crippen molar-refractivity contribution in [3.63, 3.8) is 0 Å². The third-order valence-electron chi connectivity index (χ3n) is 3.01. The summed E-state index contributed by atoms with van der Waals surface area (Å²) < 4.78 is 3.53. The highest BCUT2D eigenvalue weighted by molar-refractivity contribution is 7.24. The Labute approximate surface area is 122 Å². The van der Waals surface area contributed by atoms with Crippen LogP contribution in [0.3, 0.4) is 0 Å². The van der Waals surface area contributed by atoms with Gasteiger partial charge in [-0.2, -0.15) is 14.7 Å². The van der Waals surface area contributed by atoms with Gasteiger partial charge in [0.25, 0.3) is 0 Å². The molecule has 4 heterocycles. The molecule has 8 heteroatoms. The van der Waals surface area contributed by atoms with Crippen LogP contribution in [0.25, 0.3) is 26.2 Å². The molecule has 4 aromatic rings. The third kappa shape index (κ3) is 1.69. The lowest BCUT2D eigenvalue weighted by atomic mass is 10.3. The fourth-order valence-electron chi connectivity index (χ4n) is 2.02. The molecule has 0 aromatic carbocycles. The summed E-state index contributed by atoms with van der Waals surface area (Å²) in [5.74, 6) is 0.727. The van der Waals surface area contributed by atoms with Crippen LogP contribution in [0.1, 0.15) is 5.56 Å². The molecule has 0 amide bonds. The van der Waals surface area contributed by atoms with E-state index in [0.717, 1.165) is 21.4 Å². The quantitative estimate of drug-likeness (QED) is 0.571. The molecule has 0 N–H and O–H groups in total. The van der Waals surface area contributed by atoms with Crippen molar-refractivity contribution in [3.8, 4) is 21.3 Å². The van der Waals surface area contributed by atoms with Gasteiger partial charge in [-0.1, -0.05) is 11.3 Å². The van der Waals surface area contributed by atoms with Crippen molar-refractivity contribution < 1.29 is 0 Å². The van der Waals surface area contributed by atoms with Gasteiger partial charge in [-0.05, 0) is 23.9 Å². The van der Waals surface area contributed by atoms with Crippen LogP contribution < -0.4 is 0 Å². The number of hydrogen-bond acceptors (Lipinski definition) is 6. The van der Waals surface area contributed by atoms with Crippen LogP contribution in [-0.2, 0) is 7.05 Å². The van der Waals surface area contributed by atoms with E-state index in [1.807, 2.05) is 13.2 Å². The maximum absolute atomic E-state index is 4.65. The second kappa shape index (κ2) is 4.22. The molecular weight excluding hydrogens is 292 g/mol. The lowest BCUT2D eigenvalue weighted by molar-refractivity contribution is 0.768. The number of nitrogens with zero attached hydrogens (tertiary/aromatic N) is 6. The summed E-state index contributed by atoms with van der Waals surface area (Å²) in [7, 11) is 1.88. The number of aryl methyl sites for hydroxylation is 2. The maximum atomic E-state index is 4.65. The Balaban J connectivity index is 1.89. The SMILES string of the molecule is Cc1ccsc1-c1nn2c(-c3cnn(C)c3)nnc2s1. The van der Waals surface area contributed by atoms with Gasteiger partial charge in [0, 0.05) is 13.2 Å². The Morgan fingerprint density at radius 2 is 2.15 bits per heavy atom. The average molecular weight is 302 g/mol. The van der Waals surface area contributed by atoms with E-state index in [9.17, 15) is 0 Å².